The van der Waals surface area contributed by atoms with Crippen molar-refractivity contribution in [3.8, 4) is 0 Å². The van der Waals surface area contributed by atoms with Crippen molar-refractivity contribution in [2.45, 2.75) is 45.6 Å². The molecule has 1 heterocycles. The van der Waals surface area contributed by atoms with Gasteiger partial charge < -0.3 is 0 Å². The molecule has 1 aromatic rings. The summed E-state index contributed by atoms with van der Waals surface area (Å²) < 4.78 is 0. The van der Waals surface area contributed by atoms with E-state index in [0.29, 0.717) is 12.0 Å². The minimum absolute atomic E-state index is 0.301. The Morgan fingerprint density at radius 1 is 1.56 bits per heavy atom. The number of rotatable bonds is 3. The smallest absolute Gasteiger partial charge is 0.0798 e. The quantitative estimate of drug-likeness (QED) is 0.630. The Morgan fingerprint density at radius 3 is 2.94 bits per heavy atom. The van der Waals surface area contributed by atoms with E-state index in [4.69, 9.17) is 5.84 Å². The van der Waals surface area contributed by atoms with Crippen LogP contribution in [0.3, 0.4) is 0 Å². The monoisotopic (exact) mass is 239 g/mol. The van der Waals surface area contributed by atoms with Gasteiger partial charge in [0.25, 0.3) is 0 Å². The molecule has 4 heteroatoms. The van der Waals surface area contributed by atoms with Gasteiger partial charge in [0, 0.05) is 4.88 Å². The maximum Gasteiger partial charge on any atom is 0.0798 e. The number of hydrogen-bond acceptors (Lipinski definition) is 4. The zero-order chi connectivity index (χ0) is 11.5. The summed E-state index contributed by atoms with van der Waals surface area (Å²) in [4.78, 5) is 5.64. The summed E-state index contributed by atoms with van der Waals surface area (Å²) >= 11 is 1.72. The third-order valence-electron chi connectivity index (χ3n) is 3.69. The van der Waals surface area contributed by atoms with Crippen molar-refractivity contribution in [3.63, 3.8) is 0 Å². The van der Waals surface area contributed by atoms with Gasteiger partial charge in [0.05, 0.1) is 17.2 Å². The normalized spacial score (nSPS) is 27.9. The molecule has 16 heavy (non-hydrogen) atoms. The van der Waals surface area contributed by atoms with Crippen molar-refractivity contribution in [3.05, 3.63) is 16.1 Å². The molecule has 2 rings (SSSR count). The Kier molecular flexibility index (Phi) is 3.95. The fourth-order valence-corrected chi connectivity index (χ4v) is 3.77. The van der Waals surface area contributed by atoms with Crippen LogP contribution in [0.1, 0.15) is 49.2 Å². The van der Waals surface area contributed by atoms with E-state index in [2.05, 4.69) is 24.3 Å². The second-order valence-corrected chi connectivity index (χ2v) is 5.86. The Hall–Kier alpha value is -0.450. The second-order valence-electron chi connectivity index (χ2n) is 4.98. The van der Waals surface area contributed by atoms with Gasteiger partial charge in [0.15, 0.2) is 0 Å². The first-order chi connectivity index (χ1) is 7.72. The fourth-order valence-electron chi connectivity index (χ4n) is 2.82. The molecule has 0 saturated heterocycles. The van der Waals surface area contributed by atoms with Crippen molar-refractivity contribution in [1.29, 1.82) is 0 Å². The second kappa shape index (κ2) is 5.25. The Labute approximate surface area is 101 Å². The van der Waals surface area contributed by atoms with Gasteiger partial charge in [-0.15, -0.1) is 11.3 Å². The molecule has 3 N–H and O–H groups in total. The maximum absolute atomic E-state index is 5.74. The highest BCUT2D eigenvalue weighted by molar-refractivity contribution is 7.09. The summed E-state index contributed by atoms with van der Waals surface area (Å²) in [7, 11) is 0. The van der Waals surface area contributed by atoms with Gasteiger partial charge in [-0.1, -0.05) is 19.8 Å². The first kappa shape index (κ1) is 12.0. The molecule has 0 aliphatic heterocycles. The van der Waals surface area contributed by atoms with Gasteiger partial charge in [-0.25, -0.2) is 4.98 Å². The van der Waals surface area contributed by atoms with Crippen molar-refractivity contribution < 1.29 is 0 Å². The third kappa shape index (κ3) is 2.44. The average Bonchev–Trinajstić information content (AvgIpc) is 2.67. The predicted octanol–water partition coefficient (Wildman–Crippen LogP) is 2.78. The zero-order valence-electron chi connectivity index (χ0n) is 10.1. The van der Waals surface area contributed by atoms with Gasteiger partial charge in [-0.05, 0) is 31.6 Å². The van der Waals surface area contributed by atoms with Crippen molar-refractivity contribution in [2.75, 3.05) is 0 Å². The van der Waals surface area contributed by atoms with E-state index >= 15 is 0 Å². The highest BCUT2D eigenvalue weighted by atomic mass is 32.1. The summed E-state index contributed by atoms with van der Waals surface area (Å²) in [5, 5.41) is 0. The van der Waals surface area contributed by atoms with E-state index in [-0.39, 0.29) is 0 Å². The number of hydrogen-bond donors (Lipinski definition) is 2. The molecule has 3 unspecified atom stereocenters. The van der Waals surface area contributed by atoms with Crippen LogP contribution < -0.4 is 11.3 Å². The average molecular weight is 239 g/mol. The van der Waals surface area contributed by atoms with E-state index in [0.717, 1.165) is 11.6 Å². The SMILES string of the molecule is Cc1ncsc1C(NN)C1CCCC(C)C1. The molecule has 0 spiro atoms. The van der Waals surface area contributed by atoms with Crippen LogP contribution >= 0.6 is 11.3 Å². The molecule has 1 aliphatic rings. The summed E-state index contributed by atoms with van der Waals surface area (Å²) in [6, 6.07) is 0.301. The summed E-state index contributed by atoms with van der Waals surface area (Å²) in [5.74, 6) is 7.25. The molecule has 1 aromatic heterocycles. The number of aromatic nitrogens is 1. The zero-order valence-corrected chi connectivity index (χ0v) is 10.9. The van der Waals surface area contributed by atoms with Crippen LogP contribution in [0.15, 0.2) is 5.51 Å². The van der Waals surface area contributed by atoms with Gasteiger partial charge in [0.2, 0.25) is 0 Å². The Bertz CT molecular complexity index is 337. The van der Waals surface area contributed by atoms with Crippen LogP contribution in [-0.4, -0.2) is 4.98 Å². The number of thiazole rings is 1. The fraction of sp³-hybridized carbons (Fsp3) is 0.750. The van der Waals surface area contributed by atoms with Crippen molar-refractivity contribution in [2.24, 2.45) is 17.7 Å². The topological polar surface area (TPSA) is 50.9 Å². The van der Waals surface area contributed by atoms with Gasteiger partial charge in [-0.3, -0.25) is 11.3 Å². The Morgan fingerprint density at radius 2 is 2.38 bits per heavy atom. The first-order valence-corrected chi connectivity index (χ1v) is 6.96. The van der Waals surface area contributed by atoms with Gasteiger partial charge in [0.1, 0.15) is 0 Å². The van der Waals surface area contributed by atoms with E-state index in [1.807, 2.05) is 5.51 Å². The minimum Gasteiger partial charge on any atom is -0.271 e. The Balaban J connectivity index is 2.13. The third-order valence-corrected chi connectivity index (χ3v) is 4.71. The van der Waals surface area contributed by atoms with E-state index in [9.17, 15) is 0 Å². The summed E-state index contributed by atoms with van der Waals surface area (Å²) in [6.07, 6.45) is 5.28. The first-order valence-electron chi connectivity index (χ1n) is 6.08. The molecule has 0 aromatic carbocycles. The molecular formula is C12H21N3S. The minimum atomic E-state index is 0.301. The molecule has 0 radical (unpaired) electrons. The lowest BCUT2D eigenvalue weighted by Gasteiger charge is -2.32. The number of nitrogens with one attached hydrogen (secondary N) is 1. The summed E-state index contributed by atoms with van der Waals surface area (Å²) in [5.41, 5.74) is 6.05. The predicted molar refractivity (Wildman–Crippen MR) is 68.0 cm³/mol. The van der Waals surface area contributed by atoms with Crippen LogP contribution in [0.2, 0.25) is 0 Å². The lowest BCUT2D eigenvalue weighted by atomic mass is 9.78. The maximum atomic E-state index is 5.74. The standard InChI is InChI=1S/C12H21N3S/c1-8-4-3-5-10(6-8)11(15-13)12-9(2)14-7-16-12/h7-8,10-11,15H,3-6,13H2,1-2H3. The number of aryl methyl sites for hydroxylation is 1. The lowest BCUT2D eigenvalue weighted by Crippen LogP contribution is -2.35. The van der Waals surface area contributed by atoms with Crippen molar-refractivity contribution in [1.82, 2.24) is 10.4 Å². The van der Waals surface area contributed by atoms with E-state index in [1.54, 1.807) is 11.3 Å². The van der Waals surface area contributed by atoms with Crippen molar-refractivity contribution >= 4 is 11.3 Å². The van der Waals surface area contributed by atoms with Gasteiger partial charge in [-0.2, -0.15) is 0 Å². The lowest BCUT2D eigenvalue weighted by molar-refractivity contribution is 0.226. The molecule has 1 fully saturated rings. The molecule has 0 amide bonds. The van der Waals surface area contributed by atoms with Crippen LogP contribution in [-0.2, 0) is 0 Å². The molecule has 3 atom stereocenters. The molecule has 1 aliphatic carbocycles. The van der Waals surface area contributed by atoms with Crippen LogP contribution in [0.5, 0.6) is 0 Å². The van der Waals surface area contributed by atoms with Gasteiger partial charge >= 0.3 is 0 Å². The number of nitrogens with zero attached hydrogens (tertiary/aromatic N) is 1. The number of hydrazine groups is 1. The highest BCUT2D eigenvalue weighted by Gasteiger charge is 2.28. The number of nitrogens with two attached hydrogens (primary N) is 1. The molecule has 1 saturated carbocycles. The molecule has 0 bridgehead atoms. The van der Waals surface area contributed by atoms with Crippen LogP contribution in [0, 0.1) is 18.8 Å². The summed E-state index contributed by atoms with van der Waals surface area (Å²) in [6.45, 7) is 4.42. The molecule has 90 valence electrons. The van der Waals surface area contributed by atoms with E-state index < -0.39 is 0 Å². The molecular weight excluding hydrogens is 218 g/mol. The largest absolute Gasteiger partial charge is 0.271 e. The van der Waals surface area contributed by atoms with Crippen LogP contribution in [0.25, 0.3) is 0 Å². The van der Waals surface area contributed by atoms with E-state index in [1.165, 1.54) is 30.6 Å². The van der Waals surface area contributed by atoms with Crippen LogP contribution in [0.4, 0.5) is 0 Å². The highest BCUT2D eigenvalue weighted by Crippen LogP contribution is 2.38. The molecule has 3 nitrogen and oxygen atoms in total.